The van der Waals surface area contributed by atoms with Crippen LogP contribution < -0.4 is 0 Å². The van der Waals surface area contributed by atoms with Gasteiger partial charge in [0.05, 0.1) is 0 Å². The average Bonchev–Trinajstić information content (AvgIpc) is 2.87. The van der Waals surface area contributed by atoms with Crippen molar-refractivity contribution in [3.05, 3.63) is 11.1 Å². The fourth-order valence-electron chi connectivity index (χ4n) is 4.71. The van der Waals surface area contributed by atoms with E-state index in [2.05, 4.69) is 47.7 Å². The van der Waals surface area contributed by atoms with Crippen LogP contribution in [0.3, 0.4) is 0 Å². The Morgan fingerprint density at radius 3 is 2.38 bits per heavy atom. The normalized spacial score (nSPS) is 35.3. The second-order valence-electron chi connectivity index (χ2n) is 10.1. The Kier molecular flexibility index (Phi) is 3.54. The van der Waals surface area contributed by atoms with E-state index in [1.54, 1.807) is 0 Å². The van der Waals surface area contributed by atoms with Crippen molar-refractivity contribution in [2.24, 2.45) is 17.3 Å². The van der Waals surface area contributed by atoms with Crippen molar-refractivity contribution in [3.8, 4) is 0 Å². The molecule has 3 aliphatic rings. The molecule has 0 aliphatic heterocycles. The van der Waals surface area contributed by atoms with E-state index in [9.17, 15) is 0 Å². The lowest BCUT2D eigenvalue weighted by molar-refractivity contribution is 0.132. The molecule has 0 bridgehead atoms. The molecule has 120 valence electrons. The minimum atomic E-state index is -1.61. The zero-order chi connectivity index (χ0) is 15.6. The topological polar surface area (TPSA) is 9.23 Å². The van der Waals surface area contributed by atoms with Gasteiger partial charge in [0.25, 0.3) is 0 Å². The SMILES string of the molecule is CC1(C)CC2=C(C1)[C@H]1CC[C@@H](O[Si](C)(C)C(C)(C)C)[C@H]1C2. The Morgan fingerprint density at radius 1 is 1.10 bits per heavy atom. The number of rotatable bonds is 2. The summed E-state index contributed by atoms with van der Waals surface area (Å²) >= 11 is 0. The van der Waals surface area contributed by atoms with Crippen molar-refractivity contribution in [3.63, 3.8) is 0 Å². The third kappa shape index (κ3) is 2.67. The van der Waals surface area contributed by atoms with E-state index in [4.69, 9.17) is 4.43 Å². The molecule has 3 atom stereocenters. The van der Waals surface area contributed by atoms with Gasteiger partial charge in [-0.05, 0) is 67.5 Å². The molecule has 1 nitrogen and oxygen atoms in total. The molecule has 0 spiro atoms. The van der Waals surface area contributed by atoms with E-state index >= 15 is 0 Å². The van der Waals surface area contributed by atoms with Crippen LogP contribution in [0.4, 0.5) is 0 Å². The molecule has 3 aliphatic carbocycles. The van der Waals surface area contributed by atoms with Gasteiger partial charge in [-0.2, -0.15) is 0 Å². The summed E-state index contributed by atoms with van der Waals surface area (Å²) in [5, 5.41) is 0.335. The van der Waals surface area contributed by atoms with Crippen LogP contribution >= 0.6 is 0 Å². The quantitative estimate of drug-likeness (QED) is 0.454. The summed E-state index contributed by atoms with van der Waals surface area (Å²) in [6.45, 7) is 16.8. The Hall–Kier alpha value is -0.0831. The molecule has 0 N–H and O–H groups in total. The van der Waals surface area contributed by atoms with Gasteiger partial charge in [-0.3, -0.25) is 0 Å². The predicted molar refractivity (Wildman–Crippen MR) is 92.9 cm³/mol. The molecule has 0 amide bonds. The molecule has 1 fully saturated rings. The fraction of sp³-hybridized carbons (Fsp3) is 0.895. The largest absolute Gasteiger partial charge is 0.414 e. The highest BCUT2D eigenvalue weighted by molar-refractivity contribution is 6.74. The van der Waals surface area contributed by atoms with E-state index in [1.165, 1.54) is 32.1 Å². The first-order valence-electron chi connectivity index (χ1n) is 8.89. The molecule has 0 unspecified atom stereocenters. The summed E-state index contributed by atoms with van der Waals surface area (Å²) in [5.74, 6) is 1.69. The van der Waals surface area contributed by atoms with E-state index in [-0.39, 0.29) is 0 Å². The van der Waals surface area contributed by atoms with Crippen molar-refractivity contribution < 1.29 is 4.43 Å². The van der Waals surface area contributed by atoms with Crippen LogP contribution in [0.25, 0.3) is 0 Å². The van der Waals surface area contributed by atoms with E-state index in [0.29, 0.717) is 16.6 Å². The first-order chi connectivity index (χ1) is 9.50. The Labute approximate surface area is 132 Å². The highest BCUT2D eigenvalue weighted by atomic mass is 28.4. The molecule has 0 saturated heterocycles. The molecule has 0 aromatic carbocycles. The molecule has 21 heavy (non-hydrogen) atoms. The van der Waals surface area contributed by atoms with Gasteiger partial charge in [-0.25, -0.2) is 0 Å². The smallest absolute Gasteiger partial charge is 0.192 e. The summed E-state index contributed by atoms with van der Waals surface area (Å²) < 4.78 is 6.81. The molecular formula is C19H34OSi. The molecule has 1 saturated carbocycles. The lowest BCUT2D eigenvalue weighted by Gasteiger charge is -2.40. The number of hydrogen-bond donors (Lipinski definition) is 0. The van der Waals surface area contributed by atoms with Gasteiger partial charge in [0.15, 0.2) is 8.32 Å². The maximum Gasteiger partial charge on any atom is 0.192 e. The molecule has 3 rings (SSSR count). The molecule has 0 heterocycles. The van der Waals surface area contributed by atoms with Crippen LogP contribution in [-0.4, -0.2) is 14.4 Å². The zero-order valence-electron chi connectivity index (χ0n) is 15.2. The summed E-state index contributed by atoms with van der Waals surface area (Å²) in [6, 6.07) is 0. The molecule has 0 aromatic rings. The van der Waals surface area contributed by atoms with Crippen molar-refractivity contribution >= 4 is 8.32 Å². The first-order valence-corrected chi connectivity index (χ1v) is 11.8. The minimum absolute atomic E-state index is 0.335. The molecule has 2 heteroatoms. The zero-order valence-corrected chi connectivity index (χ0v) is 16.2. The average molecular weight is 307 g/mol. The van der Waals surface area contributed by atoms with Crippen LogP contribution in [0, 0.1) is 17.3 Å². The highest BCUT2D eigenvalue weighted by Gasteiger charge is 2.50. The van der Waals surface area contributed by atoms with E-state index in [0.717, 1.165) is 11.8 Å². The first kappa shape index (κ1) is 15.8. The third-order valence-electron chi connectivity index (χ3n) is 6.75. The maximum absolute atomic E-state index is 6.81. The van der Waals surface area contributed by atoms with Crippen LogP contribution in [0.5, 0.6) is 0 Å². The van der Waals surface area contributed by atoms with Crippen molar-refractivity contribution in [2.45, 2.75) is 91.0 Å². The molecule has 0 radical (unpaired) electrons. The van der Waals surface area contributed by atoms with Gasteiger partial charge in [-0.15, -0.1) is 0 Å². The monoisotopic (exact) mass is 306 g/mol. The second-order valence-corrected chi connectivity index (χ2v) is 14.9. The summed E-state index contributed by atoms with van der Waals surface area (Å²) in [6.07, 6.45) is 7.30. The molecule has 0 aromatic heterocycles. The number of allylic oxidation sites excluding steroid dienone is 2. The Bertz CT molecular complexity index is 466. The second kappa shape index (κ2) is 4.71. The van der Waals surface area contributed by atoms with E-state index in [1.807, 2.05) is 11.1 Å². The van der Waals surface area contributed by atoms with Crippen LogP contribution in [0.2, 0.25) is 18.1 Å². The third-order valence-corrected chi connectivity index (χ3v) is 11.3. The van der Waals surface area contributed by atoms with Gasteiger partial charge in [-0.1, -0.05) is 45.8 Å². The fourth-order valence-corrected chi connectivity index (χ4v) is 6.12. The standard InChI is InChI=1S/C19H34OSi/c1-18(2,3)21(6,7)20-17-9-8-14-15(17)10-13-11-19(4,5)12-16(13)14/h14-15,17H,8-12H2,1-7H3/t14-,15-,17+/m0/s1. The van der Waals surface area contributed by atoms with Gasteiger partial charge in [0.1, 0.15) is 0 Å². The van der Waals surface area contributed by atoms with Gasteiger partial charge in [0.2, 0.25) is 0 Å². The van der Waals surface area contributed by atoms with Crippen molar-refractivity contribution in [1.82, 2.24) is 0 Å². The summed E-state index contributed by atoms with van der Waals surface area (Å²) in [5.41, 5.74) is 4.21. The Morgan fingerprint density at radius 2 is 1.76 bits per heavy atom. The van der Waals surface area contributed by atoms with Crippen LogP contribution in [0.1, 0.15) is 66.7 Å². The van der Waals surface area contributed by atoms with Gasteiger partial charge >= 0.3 is 0 Å². The van der Waals surface area contributed by atoms with Gasteiger partial charge in [0, 0.05) is 6.10 Å². The van der Waals surface area contributed by atoms with Crippen molar-refractivity contribution in [2.75, 3.05) is 0 Å². The van der Waals surface area contributed by atoms with Crippen LogP contribution in [0.15, 0.2) is 11.1 Å². The summed E-state index contributed by atoms with van der Waals surface area (Å²) in [7, 11) is -1.61. The van der Waals surface area contributed by atoms with Crippen molar-refractivity contribution in [1.29, 1.82) is 0 Å². The number of hydrogen-bond acceptors (Lipinski definition) is 1. The Balaban J connectivity index is 1.70. The summed E-state index contributed by atoms with van der Waals surface area (Å²) in [4.78, 5) is 0. The maximum atomic E-state index is 6.81. The van der Waals surface area contributed by atoms with E-state index < -0.39 is 8.32 Å². The minimum Gasteiger partial charge on any atom is -0.414 e. The predicted octanol–water partition coefficient (Wildman–Crippen LogP) is 5.92. The molecular weight excluding hydrogens is 272 g/mol. The number of fused-ring (bicyclic) bond motifs is 2. The lowest BCUT2D eigenvalue weighted by Crippen LogP contribution is -2.45. The van der Waals surface area contributed by atoms with Crippen LogP contribution in [-0.2, 0) is 4.43 Å². The van der Waals surface area contributed by atoms with Gasteiger partial charge < -0.3 is 4.43 Å². The lowest BCUT2D eigenvalue weighted by atomic mass is 9.82. The highest BCUT2D eigenvalue weighted by Crippen LogP contribution is 2.58.